The van der Waals surface area contributed by atoms with Gasteiger partial charge in [-0.25, -0.2) is 0 Å². The van der Waals surface area contributed by atoms with E-state index >= 15 is 0 Å². The molecule has 0 amide bonds. The van der Waals surface area contributed by atoms with Crippen LogP contribution in [0.3, 0.4) is 0 Å². The monoisotopic (exact) mass is 428 g/mol. The van der Waals surface area contributed by atoms with Crippen molar-refractivity contribution in [2.75, 3.05) is 6.61 Å². The van der Waals surface area contributed by atoms with Crippen molar-refractivity contribution >= 4 is 72.2 Å². The normalized spacial score (nSPS) is 32.5. The van der Waals surface area contributed by atoms with Crippen LogP contribution in [0.1, 0.15) is 6.92 Å². The van der Waals surface area contributed by atoms with Crippen molar-refractivity contribution in [1.29, 1.82) is 0 Å². The Balaban J connectivity index is 2.89. The van der Waals surface area contributed by atoms with Gasteiger partial charge in [0.05, 0.1) is 0 Å². The molecular weight excluding hydrogens is 412 g/mol. The van der Waals surface area contributed by atoms with Crippen LogP contribution in [-0.2, 0) is 23.1 Å². The van der Waals surface area contributed by atoms with Crippen molar-refractivity contribution in [1.82, 2.24) is 0 Å². The molecular formula is C7H16O5P8. The molecule has 0 saturated carbocycles. The third-order valence-corrected chi connectivity index (χ3v) is 13.0. The van der Waals surface area contributed by atoms with Crippen LogP contribution < -0.4 is 0 Å². The van der Waals surface area contributed by atoms with Gasteiger partial charge in [-0.1, -0.05) is 0 Å². The fourth-order valence-electron chi connectivity index (χ4n) is 1.71. The Kier molecular flexibility index (Phi) is 11.7. The molecule has 0 spiro atoms. The SMILES string of the molecule is C[C@H]1[C@H](OP=P#P)[C@@H](OP(P)PP)C(=O)O[C@@H]1COP. The minimum absolute atomic E-state index is 0.0120. The molecule has 0 bridgehead atoms. The van der Waals surface area contributed by atoms with Crippen LogP contribution in [0.4, 0.5) is 0 Å². The van der Waals surface area contributed by atoms with Crippen LogP contribution >= 0.6 is 66.2 Å². The molecule has 5 nitrogen and oxygen atoms in total. The van der Waals surface area contributed by atoms with Crippen LogP contribution in [0.15, 0.2) is 0 Å². The molecule has 0 aromatic carbocycles. The van der Waals surface area contributed by atoms with E-state index in [2.05, 4.69) is 35.7 Å². The van der Waals surface area contributed by atoms with Crippen molar-refractivity contribution < 1.29 is 23.1 Å². The van der Waals surface area contributed by atoms with E-state index in [1.165, 1.54) is 0 Å². The third-order valence-electron chi connectivity index (χ3n) is 2.72. The van der Waals surface area contributed by atoms with Crippen molar-refractivity contribution in [3.8, 4) is 0 Å². The van der Waals surface area contributed by atoms with Gasteiger partial charge in [0, 0.05) is 0 Å². The predicted molar refractivity (Wildman–Crippen MR) is 99.9 cm³/mol. The Morgan fingerprint density at radius 1 is 1.60 bits per heavy atom. The first-order chi connectivity index (χ1) is 9.54. The van der Waals surface area contributed by atoms with Crippen LogP contribution in [0.25, 0.3) is 0 Å². The molecule has 1 fully saturated rings. The Morgan fingerprint density at radius 2 is 2.30 bits per heavy atom. The molecule has 1 heterocycles. The van der Waals surface area contributed by atoms with Gasteiger partial charge in [0.15, 0.2) is 0 Å². The fraction of sp³-hybridized carbons (Fsp3) is 0.857. The average molecular weight is 428 g/mol. The van der Waals surface area contributed by atoms with E-state index in [0.717, 1.165) is 6.97 Å². The van der Waals surface area contributed by atoms with Gasteiger partial charge in [0.25, 0.3) is 0 Å². The van der Waals surface area contributed by atoms with Gasteiger partial charge in [-0.2, -0.15) is 0 Å². The molecule has 0 radical (unpaired) electrons. The summed E-state index contributed by atoms with van der Waals surface area (Å²) in [5.41, 5.74) is 0. The zero-order chi connectivity index (χ0) is 15.1. The summed E-state index contributed by atoms with van der Waals surface area (Å²) in [5.74, 6) is -0.397. The number of hydrogen-bond donors (Lipinski definition) is 0. The van der Waals surface area contributed by atoms with E-state index in [9.17, 15) is 4.79 Å². The average Bonchev–Trinajstić information content (AvgIpc) is 2.43. The molecule has 0 aromatic rings. The van der Waals surface area contributed by atoms with Gasteiger partial charge in [-0.3, -0.25) is 0 Å². The van der Waals surface area contributed by atoms with Crippen molar-refractivity contribution in [3.63, 3.8) is 0 Å². The quantitative estimate of drug-likeness (QED) is 0.433. The van der Waals surface area contributed by atoms with Crippen LogP contribution in [0.2, 0.25) is 0 Å². The Morgan fingerprint density at radius 3 is 2.85 bits per heavy atom. The van der Waals surface area contributed by atoms with Gasteiger partial charge in [0.1, 0.15) is 0 Å². The summed E-state index contributed by atoms with van der Waals surface area (Å²) in [6.07, 6.45) is -1.37. The Labute approximate surface area is 133 Å². The van der Waals surface area contributed by atoms with Gasteiger partial charge in [0.2, 0.25) is 0 Å². The molecule has 13 heteroatoms. The number of esters is 1. The van der Waals surface area contributed by atoms with Gasteiger partial charge in [-0.05, 0) is 0 Å². The number of hydrogen-bond acceptors (Lipinski definition) is 5. The summed E-state index contributed by atoms with van der Waals surface area (Å²) in [7, 11) is 12.0. The number of carbonyl (C=O) groups excluding carboxylic acids is 1. The van der Waals surface area contributed by atoms with Gasteiger partial charge >= 0.3 is 133 Å². The minimum atomic E-state index is -0.744. The Hall–Kier alpha value is 2.66. The van der Waals surface area contributed by atoms with Crippen molar-refractivity contribution in [2.24, 2.45) is 5.92 Å². The van der Waals surface area contributed by atoms with Crippen molar-refractivity contribution in [3.05, 3.63) is 0 Å². The Bertz CT molecular complexity index is 417. The standard InChI is InChI=1S/C7H16O5P8/c1-3-4(2-9-13)10-7(8)6(12-20(16)19-15)5(3)11-17-18-14/h3-6,19H,2,13,15-16H2,1H3/t3-,4-,5+,6-,20?/m1/s1. The van der Waals surface area contributed by atoms with Crippen molar-refractivity contribution in [2.45, 2.75) is 25.2 Å². The maximum absolute atomic E-state index is 12.1. The summed E-state index contributed by atoms with van der Waals surface area (Å²) < 4.78 is 22.0. The predicted octanol–water partition coefficient (Wildman–Crippen LogP) is 4.74. The second-order valence-electron chi connectivity index (χ2n) is 3.89. The van der Waals surface area contributed by atoms with Gasteiger partial charge < -0.3 is 0 Å². The second-order valence-corrected chi connectivity index (χ2v) is 15.9. The van der Waals surface area contributed by atoms with Crippen LogP contribution in [0.5, 0.6) is 0 Å². The number of rotatable bonds is 7. The fourth-order valence-corrected chi connectivity index (χ4v) is 5.16. The summed E-state index contributed by atoms with van der Waals surface area (Å²) in [6.45, 7) is 3.08. The molecule has 5 unspecified atom stereocenters. The first kappa shape index (κ1) is 20.7. The second kappa shape index (κ2) is 11.3. The molecule has 1 aliphatic rings. The number of cyclic esters (lactones) is 1. The number of carbonyl (C=O) groups is 1. The molecule has 0 aliphatic carbocycles. The van der Waals surface area contributed by atoms with Crippen LogP contribution in [-0.4, -0.2) is 30.9 Å². The molecule has 0 aromatic heterocycles. The molecule has 1 rings (SSSR count). The first-order valence-electron chi connectivity index (χ1n) is 5.45. The maximum atomic E-state index is 12.1. The topological polar surface area (TPSA) is 54.0 Å². The summed E-state index contributed by atoms with van der Waals surface area (Å²) in [4.78, 5) is 12.1. The summed E-state index contributed by atoms with van der Waals surface area (Å²) in [6, 6.07) is 0. The van der Waals surface area contributed by atoms with E-state index in [1.807, 2.05) is 6.92 Å². The third kappa shape index (κ3) is 6.28. The van der Waals surface area contributed by atoms with E-state index in [0.29, 0.717) is 22.7 Å². The van der Waals surface area contributed by atoms with E-state index in [1.54, 1.807) is 0 Å². The zero-order valence-corrected chi connectivity index (χ0v) is 18.6. The van der Waals surface area contributed by atoms with Crippen LogP contribution in [0, 0.1) is 5.92 Å². The van der Waals surface area contributed by atoms with Gasteiger partial charge in [-0.15, -0.1) is 0 Å². The summed E-state index contributed by atoms with van der Waals surface area (Å²) in [5, 5.41) is 0. The molecule has 114 valence electrons. The van der Waals surface area contributed by atoms with E-state index in [-0.39, 0.29) is 24.1 Å². The molecule has 1 aliphatic heterocycles. The molecule has 20 heavy (non-hydrogen) atoms. The molecule has 0 N–H and O–H groups in total. The summed E-state index contributed by atoms with van der Waals surface area (Å²) >= 11 is 0. The first-order valence-corrected chi connectivity index (χ1v) is 16.0. The molecule has 1 saturated heterocycles. The van der Waals surface area contributed by atoms with E-state index < -0.39 is 13.6 Å². The molecule has 9 atom stereocenters. The number of ether oxygens (including phenoxy) is 1. The zero-order valence-electron chi connectivity index (χ0n) is 10.6. The van der Waals surface area contributed by atoms with E-state index in [4.69, 9.17) is 18.3 Å².